The van der Waals surface area contributed by atoms with E-state index in [1.807, 2.05) is 13.8 Å². The Morgan fingerprint density at radius 2 is 0.889 bits per heavy atom. The molecule has 0 atom stereocenters. The number of aromatic carboxylic acids is 3. The molecule has 0 bridgehead atoms. The van der Waals surface area contributed by atoms with Gasteiger partial charge in [-0.2, -0.15) is 0 Å². The van der Waals surface area contributed by atoms with Crippen LogP contribution < -0.4 is 0 Å². The lowest BCUT2D eigenvalue weighted by molar-refractivity contribution is 0.0696. The highest BCUT2D eigenvalue weighted by Gasteiger charge is 2.14. The van der Waals surface area contributed by atoms with Gasteiger partial charge in [0.1, 0.15) is 0 Å². The fourth-order valence-corrected chi connectivity index (χ4v) is 0.998. The molecule has 0 fully saturated rings. The molecule has 0 aliphatic rings. The van der Waals surface area contributed by atoms with E-state index < -0.39 is 17.9 Å². The first-order valence-electron chi connectivity index (χ1n) is 4.77. The summed E-state index contributed by atoms with van der Waals surface area (Å²) in [7, 11) is 0. The summed E-state index contributed by atoms with van der Waals surface area (Å²) in [4.78, 5) is 31.7. The summed E-state index contributed by atoms with van der Waals surface area (Å²) >= 11 is 0. The van der Waals surface area contributed by atoms with E-state index in [1.54, 1.807) is 0 Å². The van der Waals surface area contributed by atoms with Crippen molar-refractivity contribution in [3.8, 4) is 0 Å². The largest absolute Gasteiger partial charge is 0.478 e. The first-order valence-corrected chi connectivity index (χ1v) is 4.77. The molecule has 1 rings (SSSR count). The fraction of sp³-hybridized carbons (Fsp3) is 0.182. The number of halogens is 1. The van der Waals surface area contributed by atoms with Crippen LogP contribution in [0.5, 0.6) is 0 Å². The van der Waals surface area contributed by atoms with E-state index in [4.69, 9.17) is 15.3 Å². The Balaban J connectivity index is 0. The number of carbonyl (C=O) groups is 3. The van der Waals surface area contributed by atoms with Gasteiger partial charge in [0.05, 0.1) is 16.7 Å². The zero-order valence-corrected chi connectivity index (χ0v) is 10.5. The SMILES string of the molecule is CC.Cl.O=C(O)c1cc(C(=O)O)cc(C(=O)O)c1. The van der Waals surface area contributed by atoms with Crippen molar-refractivity contribution < 1.29 is 29.7 Å². The number of hydrogen-bond donors (Lipinski definition) is 3. The van der Waals surface area contributed by atoms with Gasteiger partial charge in [0.15, 0.2) is 0 Å². The Morgan fingerprint density at radius 1 is 0.722 bits per heavy atom. The molecular weight excluding hydrogens is 264 g/mol. The predicted octanol–water partition coefficient (Wildman–Crippen LogP) is 2.23. The van der Waals surface area contributed by atoms with E-state index in [1.165, 1.54) is 0 Å². The topological polar surface area (TPSA) is 112 Å². The van der Waals surface area contributed by atoms with Gasteiger partial charge < -0.3 is 15.3 Å². The van der Waals surface area contributed by atoms with E-state index in [2.05, 4.69) is 0 Å². The summed E-state index contributed by atoms with van der Waals surface area (Å²) in [5, 5.41) is 25.8. The van der Waals surface area contributed by atoms with Gasteiger partial charge >= 0.3 is 17.9 Å². The lowest BCUT2D eigenvalue weighted by atomic mass is 10.1. The lowest BCUT2D eigenvalue weighted by Gasteiger charge is -2.00. The summed E-state index contributed by atoms with van der Waals surface area (Å²) in [6.07, 6.45) is 0. The van der Waals surface area contributed by atoms with Gasteiger partial charge in [0.25, 0.3) is 0 Å². The molecule has 0 aliphatic carbocycles. The Morgan fingerprint density at radius 3 is 1.00 bits per heavy atom. The minimum Gasteiger partial charge on any atom is -0.478 e. The number of benzene rings is 1. The van der Waals surface area contributed by atoms with E-state index in [-0.39, 0.29) is 29.1 Å². The second-order valence-electron chi connectivity index (χ2n) is 2.71. The Labute approximate surface area is 109 Å². The summed E-state index contributed by atoms with van der Waals surface area (Å²) in [6, 6.07) is 2.70. The predicted molar refractivity (Wildman–Crippen MR) is 65.9 cm³/mol. The Hall–Kier alpha value is -2.08. The molecule has 0 amide bonds. The Kier molecular flexibility index (Phi) is 8.21. The standard InChI is InChI=1S/C9H6O6.C2H6.ClH/c10-7(11)4-1-5(8(12)13)3-6(2-4)9(14)15;1-2;/h1-3H,(H,10,11)(H,12,13)(H,14,15);1-2H3;1H. The van der Waals surface area contributed by atoms with E-state index in [0.717, 1.165) is 18.2 Å². The number of hydrogen-bond acceptors (Lipinski definition) is 3. The molecule has 0 aliphatic heterocycles. The van der Waals surface area contributed by atoms with Crippen LogP contribution in [0.15, 0.2) is 18.2 Å². The molecule has 0 aromatic heterocycles. The summed E-state index contributed by atoms with van der Waals surface area (Å²) < 4.78 is 0. The van der Waals surface area contributed by atoms with Crippen LogP contribution in [0.1, 0.15) is 44.9 Å². The molecule has 6 nitrogen and oxygen atoms in total. The second-order valence-corrected chi connectivity index (χ2v) is 2.71. The average molecular weight is 277 g/mol. The zero-order valence-electron chi connectivity index (χ0n) is 9.71. The van der Waals surface area contributed by atoms with Crippen molar-refractivity contribution in [3.63, 3.8) is 0 Å². The number of carboxylic acids is 3. The third-order valence-electron chi connectivity index (χ3n) is 1.67. The molecule has 0 saturated heterocycles. The molecule has 3 N–H and O–H groups in total. The van der Waals surface area contributed by atoms with Crippen molar-refractivity contribution in [2.24, 2.45) is 0 Å². The van der Waals surface area contributed by atoms with E-state index in [9.17, 15) is 14.4 Å². The van der Waals surface area contributed by atoms with Crippen molar-refractivity contribution in [2.45, 2.75) is 13.8 Å². The van der Waals surface area contributed by atoms with Crippen LogP contribution in [0.3, 0.4) is 0 Å². The van der Waals surface area contributed by atoms with E-state index in [0.29, 0.717) is 0 Å². The van der Waals surface area contributed by atoms with Crippen LogP contribution in [-0.4, -0.2) is 33.2 Å². The Bertz CT molecular complexity index is 376. The number of rotatable bonds is 3. The summed E-state index contributed by atoms with van der Waals surface area (Å²) in [5.74, 6) is -4.12. The van der Waals surface area contributed by atoms with E-state index >= 15 is 0 Å². The smallest absolute Gasteiger partial charge is 0.335 e. The summed E-state index contributed by atoms with van der Waals surface area (Å²) in [5.41, 5.74) is -1.10. The highest BCUT2D eigenvalue weighted by atomic mass is 35.5. The maximum Gasteiger partial charge on any atom is 0.335 e. The first-order chi connectivity index (χ1) is 7.91. The van der Waals surface area contributed by atoms with Crippen LogP contribution in [0.25, 0.3) is 0 Å². The molecule has 0 spiro atoms. The van der Waals surface area contributed by atoms with Crippen LogP contribution in [0.2, 0.25) is 0 Å². The quantitative estimate of drug-likeness (QED) is 0.780. The van der Waals surface area contributed by atoms with Crippen LogP contribution in [0, 0.1) is 0 Å². The molecule has 100 valence electrons. The van der Waals surface area contributed by atoms with Crippen molar-refractivity contribution in [1.82, 2.24) is 0 Å². The maximum atomic E-state index is 10.6. The van der Waals surface area contributed by atoms with Crippen molar-refractivity contribution >= 4 is 30.3 Å². The van der Waals surface area contributed by atoms with Gasteiger partial charge in [0.2, 0.25) is 0 Å². The summed E-state index contributed by atoms with van der Waals surface area (Å²) in [6.45, 7) is 4.00. The van der Waals surface area contributed by atoms with Gasteiger partial charge in [-0.05, 0) is 18.2 Å². The average Bonchev–Trinajstić information content (AvgIpc) is 2.30. The molecule has 0 heterocycles. The highest BCUT2D eigenvalue weighted by molar-refractivity contribution is 5.98. The molecule has 0 radical (unpaired) electrons. The molecular formula is C11H13ClO6. The monoisotopic (exact) mass is 276 g/mol. The number of carboxylic acid groups (broad SMARTS) is 3. The maximum absolute atomic E-state index is 10.6. The van der Waals surface area contributed by atoms with Gasteiger partial charge in [-0.3, -0.25) is 0 Å². The molecule has 1 aromatic carbocycles. The van der Waals surface area contributed by atoms with Gasteiger partial charge in [-0.25, -0.2) is 14.4 Å². The fourth-order valence-electron chi connectivity index (χ4n) is 0.998. The normalized spacial score (nSPS) is 8.33. The minimum absolute atomic E-state index is 0. The lowest BCUT2D eigenvalue weighted by Crippen LogP contribution is -2.07. The van der Waals surface area contributed by atoms with Crippen molar-refractivity contribution in [2.75, 3.05) is 0 Å². The van der Waals surface area contributed by atoms with Crippen LogP contribution in [0.4, 0.5) is 0 Å². The van der Waals surface area contributed by atoms with Crippen LogP contribution in [-0.2, 0) is 0 Å². The molecule has 7 heteroatoms. The first kappa shape index (κ1) is 18.3. The van der Waals surface area contributed by atoms with Crippen molar-refractivity contribution in [3.05, 3.63) is 34.9 Å². The molecule has 0 unspecified atom stereocenters. The second kappa shape index (κ2) is 8.08. The minimum atomic E-state index is -1.37. The third kappa shape index (κ3) is 4.84. The zero-order chi connectivity index (χ0) is 13.6. The van der Waals surface area contributed by atoms with Crippen molar-refractivity contribution in [1.29, 1.82) is 0 Å². The highest BCUT2D eigenvalue weighted by Crippen LogP contribution is 2.11. The van der Waals surface area contributed by atoms with Gasteiger partial charge in [-0.1, -0.05) is 13.8 Å². The molecule has 18 heavy (non-hydrogen) atoms. The molecule has 0 saturated carbocycles. The van der Waals surface area contributed by atoms with Gasteiger partial charge in [-0.15, -0.1) is 12.4 Å². The van der Waals surface area contributed by atoms with Gasteiger partial charge in [0, 0.05) is 0 Å². The van der Waals surface area contributed by atoms with Crippen LogP contribution >= 0.6 is 12.4 Å². The molecule has 1 aromatic rings. The third-order valence-corrected chi connectivity index (χ3v) is 1.67.